The molecule has 2 unspecified atom stereocenters. The highest BCUT2D eigenvalue weighted by Crippen LogP contribution is 2.00. The molecule has 2 atom stereocenters. The SMILES string of the molecule is COCC(O)CN(C)C(COC)C(=O)O. The van der Waals surface area contributed by atoms with Crippen molar-refractivity contribution >= 4 is 5.97 Å². The van der Waals surface area contributed by atoms with Gasteiger partial charge in [0.05, 0.1) is 19.3 Å². The van der Waals surface area contributed by atoms with Crippen LogP contribution < -0.4 is 0 Å². The lowest BCUT2D eigenvalue weighted by Crippen LogP contribution is -2.45. The highest BCUT2D eigenvalue weighted by Gasteiger charge is 2.23. The molecule has 0 aromatic carbocycles. The molecule has 0 saturated heterocycles. The van der Waals surface area contributed by atoms with Gasteiger partial charge in [-0.3, -0.25) is 9.69 Å². The van der Waals surface area contributed by atoms with E-state index in [-0.39, 0.29) is 19.8 Å². The Morgan fingerprint density at radius 2 is 1.87 bits per heavy atom. The number of aliphatic hydroxyl groups excluding tert-OH is 1. The van der Waals surface area contributed by atoms with Crippen LogP contribution in [-0.4, -0.2) is 74.3 Å². The molecule has 0 aliphatic heterocycles. The van der Waals surface area contributed by atoms with E-state index in [9.17, 15) is 9.90 Å². The van der Waals surface area contributed by atoms with Crippen LogP contribution >= 0.6 is 0 Å². The van der Waals surface area contributed by atoms with Crippen molar-refractivity contribution in [3.05, 3.63) is 0 Å². The van der Waals surface area contributed by atoms with Gasteiger partial charge in [0.15, 0.2) is 0 Å². The zero-order valence-electron chi connectivity index (χ0n) is 9.34. The van der Waals surface area contributed by atoms with Crippen LogP contribution in [0.3, 0.4) is 0 Å². The second-order valence-electron chi connectivity index (χ2n) is 3.36. The van der Waals surface area contributed by atoms with Crippen LogP contribution in [0.25, 0.3) is 0 Å². The zero-order chi connectivity index (χ0) is 11.8. The van der Waals surface area contributed by atoms with Crippen molar-refractivity contribution in [1.29, 1.82) is 0 Å². The molecule has 0 aliphatic rings. The molecule has 0 aliphatic carbocycles. The molecule has 0 aromatic heterocycles. The number of hydrogen-bond acceptors (Lipinski definition) is 5. The number of ether oxygens (including phenoxy) is 2. The largest absolute Gasteiger partial charge is 0.480 e. The Hall–Kier alpha value is -0.690. The topological polar surface area (TPSA) is 79.2 Å². The third kappa shape index (κ3) is 5.68. The first-order valence-corrected chi connectivity index (χ1v) is 4.61. The van der Waals surface area contributed by atoms with Crippen LogP contribution in [-0.2, 0) is 14.3 Å². The number of likely N-dealkylation sites (N-methyl/N-ethyl adjacent to an activating group) is 1. The summed E-state index contributed by atoms with van der Waals surface area (Å²) in [4.78, 5) is 12.4. The minimum absolute atomic E-state index is 0.0888. The van der Waals surface area contributed by atoms with Crippen molar-refractivity contribution in [2.75, 3.05) is 41.0 Å². The van der Waals surface area contributed by atoms with Gasteiger partial charge < -0.3 is 19.7 Å². The molecule has 0 radical (unpaired) electrons. The van der Waals surface area contributed by atoms with Gasteiger partial charge in [-0.15, -0.1) is 0 Å². The molecule has 0 rings (SSSR count). The van der Waals surface area contributed by atoms with Crippen molar-refractivity contribution in [2.24, 2.45) is 0 Å². The molecule has 0 heterocycles. The van der Waals surface area contributed by atoms with Crippen molar-refractivity contribution in [2.45, 2.75) is 12.1 Å². The summed E-state index contributed by atoms with van der Waals surface area (Å²) in [5.74, 6) is -0.969. The van der Waals surface area contributed by atoms with E-state index in [4.69, 9.17) is 14.6 Å². The Labute approximate surface area is 89.4 Å². The molecule has 0 fully saturated rings. The van der Waals surface area contributed by atoms with E-state index in [1.165, 1.54) is 19.1 Å². The van der Waals surface area contributed by atoms with Crippen molar-refractivity contribution in [3.8, 4) is 0 Å². The van der Waals surface area contributed by atoms with E-state index in [0.717, 1.165) is 0 Å². The standard InChI is InChI=1S/C9H19NO5/c1-10(4-7(11)5-14-2)8(6-15-3)9(12)13/h7-8,11H,4-6H2,1-3H3,(H,12,13). The molecular weight excluding hydrogens is 202 g/mol. The molecule has 6 heteroatoms. The Morgan fingerprint density at radius 1 is 1.33 bits per heavy atom. The number of carboxylic acid groups (broad SMARTS) is 1. The number of methoxy groups -OCH3 is 2. The average Bonchev–Trinajstić information content (AvgIpc) is 2.13. The minimum Gasteiger partial charge on any atom is -0.480 e. The number of aliphatic hydroxyl groups is 1. The predicted molar refractivity (Wildman–Crippen MR) is 53.8 cm³/mol. The van der Waals surface area contributed by atoms with Gasteiger partial charge >= 0.3 is 5.97 Å². The first kappa shape index (κ1) is 14.3. The highest BCUT2D eigenvalue weighted by atomic mass is 16.5. The fourth-order valence-electron chi connectivity index (χ4n) is 1.25. The predicted octanol–water partition coefficient (Wildman–Crippen LogP) is -0.975. The van der Waals surface area contributed by atoms with Crippen LogP contribution in [0.15, 0.2) is 0 Å². The third-order valence-corrected chi connectivity index (χ3v) is 2.00. The van der Waals surface area contributed by atoms with Gasteiger partial charge in [0.2, 0.25) is 0 Å². The van der Waals surface area contributed by atoms with Crippen LogP contribution in [0.1, 0.15) is 0 Å². The van der Waals surface area contributed by atoms with Crippen LogP contribution in [0, 0.1) is 0 Å². The summed E-state index contributed by atoms with van der Waals surface area (Å²) in [6, 6.07) is -0.749. The fourth-order valence-corrected chi connectivity index (χ4v) is 1.25. The van der Waals surface area contributed by atoms with Gasteiger partial charge in [-0.25, -0.2) is 0 Å². The maximum absolute atomic E-state index is 10.8. The molecule has 0 bridgehead atoms. The maximum atomic E-state index is 10.8. The second kappa shape index (κ2) is 7.58. The Balaban J connectivity index is 4.12. The quantitative estimate of drug-likeness (QED) is 0.549. The summed E-state index contributed by atoms with van der Waals surface area (Å²) in [5.41, 5.74) is 0. The fraction of sp³-hybridized carbons (Fsp3) is 0.889. The van der Waals surface area contributed by atoms with E-state index >= 15 is 0 Å². The Bertz CT molecular complexity index is 187. The van der Waals surface area contributed by atoms with Gasteiger partial charge in [0.25, 0.3) is 0 Å². The number of nitrogens with zero attached hydrogens (tertiary/aromatic N) is 1. The Kier molecular flexibility index (Phi) is 7.23. The summed E-state index contributed by atoms with van der Waals surface area (Å²) in [6.45, 7) is 0.503. The lowest BCUT2D eigenvalue weighted by atomic mass is 10.2. The average molecular weight is 221 g/mol. The monoisotopic (exact) mass is 221 g/mol. The van der Waals surface area contributed by atoms with Crippen molar-refractivity contribution < 1.29 is 24.5 Å². The summed E-state index contributed by atoms with van der Waals surface area (Å²) in [6.07, 6.45) is -0.696. The van der Waals surface area contributed by atoms with Gasteiger partial charge in [-0.05, 0) is 7.05 Å². The van der Waals surface area contributed by atoms with Gasteiger partial charge in [0, 0.05) is 20.8 Å². The van der Waals surface area contributed by atoms with E-state index in [0.29, 0.717) is 0 Å². The van der Waals surface area contributed by atoms with Crippen molar-refractivity contribution in [3.63, 3.8) is 0 Å². The van der Waals surface area contributed by atoms with Gasteiger partial charge in [-0.2, -0.15) is 0 Å². The van der Waals surface area contributed by atoms with E-state index in [1.54, 1.807) is 7.05 Å². The number of carbonyl (C=O) groups is 1. The smallest absolute Gasteiger partial charge is 0.323 e. The molecule has 0 amide bonds. The maximum Gasteiger partial charge on any atom is 0.323 e. The number of carboxylic acids is 1. The number of hydrogen-bond donors (Lipinski definition) is 2. The van der Waals surface area contributed by atoms with E-state index in [1.807, 2.05) is 0 Å². The first-order valence-electron chi connectivity index (χ1n) is 4.61. The summed E-state index contributed by atoms with van der Waals surface area (Å²) in [5, 5.41) is 18.3. The molecule has 15 heavy (non-hydrogen) atoms. The molecule has 6 nitrogen and oxygen atoms in total. The highest BCUT2D eigenvalue weighted by molar-refractivity contribution is 5.73. The second-order valence-corrected chi connectivity index (χ2v) is 3.36. The normalized spacial score (nSPS) is 15.3. The summed E-state index contributed by atoms with van der Waals surface area (Å²) < 4.78 is 9.54. The Morgan fingerprint density at radius 3 is 2.27 bits per heavy atom. The van der Waals surface area contributed by atoms with E-state index in [2.05, 4.69) is 0 Å². The molecular formula is C9H19NO5. The van der Waals surface area contributed by atoms with Crippen molar-refractivity contribution in [1.82, 2.24) is 4.90 Å². The summed E-state index contributed by atoms with van der Waals surface area (Å²) in [7, 11) is 4.54. The lowest BCUT2D eigenvalue weighted by molar-refractivity contribution is -0.145. The van der Waals surface area contributed by atoms with Crippen LogP contribution in [0.5, 0.6) is 0 Å². The zero-order valence-corrected chi connectivity index (χ0v) is 9.34. The molecule has 0 aromatic rings. The summed E-state index contributed by atoms with van der Waals surface area (Å²) >= 11 is 0. The van der Waals surface area contributed by atoms with E-state index < -0.39 is 18.1 Å². The first-order chi connectivity index (χ1) is 7.02. The van der Waals surface area contributed by atoms with Gasteiger partial charge in [0.1, 0.15) is 6.04 Å². The van der Waals surface area contributed by atoms with Gasteiger partial charge in [-0.1, -0.05) is 0 Å². The lowest BCUT2D eigenvalue weighted by Gasteiger charge is -2.25. The van der Waals surface area contributed by atoms with Crippen LogP contribution in [0.4, 0.5) is 0 Å². The molecule has 90 valence electrons. The minimum atomic E-state index is -0.969. The molecule has 0 spiro atoms. The number of rotatable bonds is 8. The number of aliphatic carboxylic acids is 1. The third-order valence-electron chi connectivity index (χ3n) is 2.00. The molecule has 2 N–H and O–H groups in total. The van der Waals surface area contributed by atoms with Crippen LogP contribution in [0.2, 0.25) is 0 Å². The molecule has 0 saturated carbocycles.